The summed E-state index contributed by atoms with van der Waals surface area (Å²) >= 11 is 8.71. The minimum absolute atomic E-state index is 0.0500. The Labute approximate surface area is 135 Å². The fourth-order valence-electron chi connectivity index (χ4n) is 2.31. The third-order valence-electron chi connectivity index (χ3n) is 3.41. The number of hydrogen-bond donors (Lipinski definition) is 1. The molecule has 2 aromatic carbocycles. The molecule has 3 aromatic rings. The van der Waals surface area contributed by atoms with Gasteiger partial charge >= 0.3 is 0 Å². The van der Waals surface area contributed by atoms with E-state index in [0.29, 0.717) is 16.7 Å². The van der Waals surface area contributed by atoms with Crippen molar-refractivity contribution in [2.75, 3.05) is 0 Å². The summed E-state index contributed by atoms with van der Waals surface area (Å²) in [5.74, 6) is 0. The summed E-state index contributed by atoms with van der Waals surface area (Å²) < 4.78 is 2.97. The van der Waals surface area contributed by atoms with Crippen molar-refractivity contribution in [1.82, 2.24) is 9.55 Å². The number of H-pyrrole nitrogens is 1. The summed E-state index contributed by atoms with van der Waals surface area (Å²) in [6.45, 7) is 0.570. The van der Waals surface area contributed by atoms with Crippen LogP contribution in [0, 0.1) is 4.77 Å². The van der Waals surface area contributed by atoms with Crippen molar-refractivity contribution >= 4 is 39.1 Å². The number of rotatable bonds is 3. The normalized spacial score (nSPS) is 10.9. The van der Waals surface area contributed by atoms with E-state index < -0.39 is 0 Å². The predicted molar refractivity (Wildman–Crippen MR) is 91.2 cm³/mol. The van der Waals surface area contributed by atoms with Crippen molar-refractivity contribution in [1.29, 1.82) is 0 Å². The molecule has 3 nitrogen and oxygen atoms in total. The maximum absolute atomic E-state index is 12.6. The van der Waals surface area contributed by atoms with E-state index in [0.717, 1.165) is 16.4 Å². The summed E-state index contributed by atoms with van der Waals surface area (Å²) in [5, 5.41) is 0.644. The molecule has 0 aliphatic carbocycles. The monoisotopic (exact) mass is 360 g/mol. The number of aromatic amines is 1. The van der Waals surface area contributed by atoms with E-state index in [1.54, 1.807) is 4.57 Å². The Morgan fingerprint density at radius 1 is 1.14 bits per heavy atom. The first-order valence-electron chi connectivity index (χ1n) is 6.61. The Kier molecular flexibility index (Phi) is 4.03. The molecule has 0 amide bonds. The van der Waals surface area contributed by atoms with Crippen LogP contribution in [0.15, 0.2) is 57.8 Å². The van der Waals surface area contributed by atoms with Crippen LogP contribution in [0.4, 0.5) is 0 Å². The van der Waals surface area contributed by atoms with E-state index in [-0.39, 0.29) is 5.56 Å². The van der Waals surface area contributed by atoms with Gasteiger partial charge in [-0.05, 0) is 42.4 Å². The van der Waals surface area contributed by atoms with Crippen LogP contribution >= 0.6 is 28.1 Å². The minimum atomic E-state index is -0.0500. The molecule has 1 N–H and O–H groups in total. The maximum atomic E-state index is 12.6. The lowest BCUT2D eigenvalue weighted by molar-refractivity contribution is 0.652. The number of nitrogens with one attached hydrogen (secondary N) is 1. The van der Waals surface area contributed by atoms with Crippen LogP contribution in [0.1, 0.15) is 5.56 Å². The highest BCUT2D eigenvalue weighted by Gasteiger charge is 2.06. The highest BCUT2D eigenvalue weighted by atomic mass is 79.9. The molecule has 0 aliphatic heterocycles. The van der Waals surface area contributed by atoms with Crippen molar-refractivity contribution in [2.45, 2.75) is 13.0 Å². The van der Waals surface area contributed by atoms with Gasteiger partial charge in [-0.1, -0.05) is 46.3 Å². The fraction of sp³-hybridized carbons (Fsp3) is 0.125. The Hall–Kier alpha value is -1.72. The second-order valence-corrected chi connectivity index (χ2v) is 6.11. The van der Waals surface area contributed by atoms with Crippen LogP contribution < -0.4 is 5.56 Å². The summed E-state index contributed by atoms with van der Waals surface area (Å²) in [5.41, 5.74) is 1.91. The zero-order valence-electron chi connectivity index (χ0n) is 11.2. The molecule has 0 atom stereocenters. The summed E-state index contributed by atoms with van der Waals surface area (Å²) in [4.78, 5) is 15.7. The zero-order valence-corrected chi connectivity index (χ0v) is 13.6. The molecule has 0 aliphatic rings. The first kappa shape index (κ1) is 14.2. The average Bonchev–Trinajstić information content (AvgIpc) is 2.49. The van der Waals surface area contributed by atoms with Crippen LogP contribution in [0.25, 0.3) is 10.9 Å². The molecule has 0 saturated heterocycles. The number of benzene rings is 2. The Morgan fingerprint density at radius 3 is 2.67 bits per heavy atom. The third kappa shape index (κ3) is 2.99. The van der Waals surface area contributed by atoms with Crippen LogP contribution in [0.2, 0.25) is 0 Å². The van der Waals surface area contributed by atoms with Crippen LogP contribution in [0.5, 0.6) is 0 Å². The van der Waals surface area contributed by atoms with E-state index in [4.69, 9.17) is 12.2 Å². The molecular weight excluding hydrogens is 348 g/mol. The lowest BCUT2D eigenvalue weighted by Crippen LogP contribution is -2.23. The van der Waals surface area contributed by atoms with Gasteiger partial charge in [0, 0.05) is 11.0 Å². The van der Waals surface area contributed by atoms with Crippen LogP contribution in [-0.2, 0) is 13.0 Å². The third-order valence-corrected chi connectivity index (χ3v) is 4.23. The lowest BCUT2D eigenvalue weighted by atomic mass is 10.1. The molecule has 3 rings (SSSR count). The number of aryl methyl sites for hydroxylation is 1. The standard InChI is InChI=1S/C16H13BrN2OS/c17-12-6-7-14-13(10-12)15(20)19(16(21)18-14)9-8-11-4-2-1-3-5-11/h1-7,10H,8-9H2,(H,18,21). The molecule has 0 unspecified atom stereocenters. The minimum Gasteiger partial charge on any atom is -0.332 e. The Bertz CT molecular complexity index is 900. The molecule has 106 valence electrons. The first-order valence-corrected chi connectivity index (χ1v) is 7.81. The van der Waals surface area contributed by atoms with Crippen molar-refractivity contribution < 1.29 is 0 Å². The fourth-order valence-corrected chi connectivity index (χ4v) is 2.96. The van der Waals surface area contributed by atoms with E-state index in [2.05, 4.69) is 33.0 Å². The molecule has 5 heteroatoms. The van der Waals surface area contributed by atoms with Gasteiger partial charge < -0.3 is 4.98 Å². The molecular formula is C16H13BrN2OS. The van der Waals surface area contributed by atoms with Gasteiger partial charge in [0.05, 0.1) is 10.9 Å². The van der Waals surface area contributed by atoms with E-state index in [9.17, 15) is 4.79 Å². The van der Waals surface area contributed by atoms with Gasteiger partial charge in [-0.3, -0.25) is 9.36 Å². The number of halogens is 1. The largest absolute Gasteiger partial charge is 0.332 e. The van der Waals surface area contributed by atoms with E-state index in [1.807, 2.05) is 36.4 Å². The van der Waals surface area contributed by atoms with E-state index >= 15 is 0 Å². The summed E-state index contributed by atoms with van der Waals surface area (Å²) in [6.07, 6.45) is 0.776. The van der Waals surface area contributed by atoms with Crippen LogP contribution in [-0.4, -0.2) is 9.55 Å². The van der Waals surface area contributed by atoms with Gasteiger partial charge in [-0.2, -0.15) is 0 Å². The quantitative estimate of drug-likeness (QED) is 0.715. The predicted octanol–water partition coefficient (Wildman–Crippen LogP) is 4.06. The summed E-state index contributed by atoms with van der Waals surface area (Å²) in [6, 6.07) is 15.6. The van der Waals surface area contributed by atoms with E-state index in [1.165, 1.54) is 5.56 Å². The molecule has 0 spiro atoms. The maximum Gasteiger partial charge on any atom is 0.262 e. The van der Waals surface area contributed by atoms with Crippen molar-refractivity contribution in [2.24, 2.45) is 0 Å². The van der Waals surface area contributed by atoms with Gasteiger partial charge in [-0.15, -0.1) is 0 Å². The van der Waals surface area contributed by atoms with Crippen molar-refractivity contribution in [3.05, 3.63) is 73.7 Å². The highest BCUT2D eigenvalue weighted by Crippen LogP contribution is 2.15. The lowest BCUT2D eigenvalue weighted by Gasteiger charge is -2.08. The Morgan fingerprint density at radius 2 is 1.90 bits per heavy atom. The number of hydrogen-bond acceptors (Lipinski definition) is 2. The second-order valence-electron chi connectivity index (χ2n) is 4.81. The van der Waals surface area contributed by atoms with Gasteiger partial charge in [0.2, 0.25) is 0 Å². The zero-order chi connectivity index (χ0) is 14.8. The molecule has 0 fully saturated rings. The molecule has 1 heterocycles. The second kappa shape index (κ2) is 5.95. The van der Waals surface area contributed by atoms with Gasteiger partial charge in [0.15, 0.2) is 4.77 Å². The smallest absolute Gasteiger partial charge is 0.262 e. The number of aromatic nitrogens is 2. The van der Waals surface area contributed by atoms with Gasteiger partial charge in [0.1, 0.15) is 0 Å². The SMILES string of the molecule is O=c1c2cc(Br)ccc2[nH]c(=S)n1CCc1ccccc1. The average molecular weight is 361 g/mol. The Balaban J connectivity index is 2.02. The molecule has 0 saturated carbocycles. The van der Waals surface area contributed by atoms with Gasteiger partial charge in [0.25, 0.3) is 5.56 Å². The van der Waals surface area contributed by atoms with Crippen molar-refractivity contribution in [3.8, 4) is 0 Å². The molecule has 0 bridgehead atoms. The first-order chi connectivity index (χ1) is 10.1. The summed E-state index contributed by atoms with van der Waals surface area (Å²) in [7, 11) is 0. The van der Waals surface area contributed by atoms with Gasteiger partial charge in [-0.25, -0.2) is 0 Å². The van der Waals surface area contributed by atoms with Crippen LogP contribution in [0.3, 0.4) is 0 Å². The molecule has 21 heavy (non-hydrogen) atoms. The number of nitrogens with zero attached hydrogens (tertiary/aromatic N) is 1. The molecule has 0 radical (unpaired) electrons. The highest BCUT2D eigenvalue weighted by molar-refractivity contribution is 9.10. The number of fused-ring (bicyclic) bond motifs is 1. The van der Waals surface area contributed by atoms with Crippen molar-refractivity contribution in [3.63, 3.8) is 0 Å². The molecule has 1 aromatic heterocycles. The topological polar surface area (TPSA) is 37.8 Å².